The summed E-state index contributed by atoms with van der Waals surface area (Å²) in [6.45, 7) is 2.17. The van der Waals surface area contributed by atoms with E-state index in [1.807, 2.05) is 18.2 Å². The van der Waals surface area contributed by atoms with Gasteiger partial charge in [0.2, 0.25) is 5.91 Å². The van der Waals surface area contributed by atoms with Crippen LogP contribution in [0.1, 0.15) is 5.56 Å². The number of carbonyl (C=O) groups excluding carboxylic acids is 1. The number of carbonyl (C=O) groups is 1. The summed E-state index contributed by atoms with van der Waals surface area (Å²) in [5, 5.41) is 5.65. The highest BCUT2D eigenvalue weighted by atomic mass is 35.5. The Morgan fingerprint density at radius 3 is 2.74 bits per heavy atom. The minimum Gasteiger partial charge on any atom is -0.486 e. The molecule has 0 radical (unpaired) electrons. The van der Waals surface area contributed by atoms with Crippen LogP contribution < -0.4 is 20.1 Å². The molecule has 1 aliphatic rings. The molecule has 0 aliphatic carbocycles. The first-order chi connectivity index (χ1) is 8.79. The van der Waals surface area contributed by atoms with Gasteiger partial charge < -0.3 is 20.1 Å². The third-order valence-corrected chi connectivity index (χ3v) is 2.68. The first-order valence-electron chi connectivity index (χ1n) is 6.09. The Morgan fingerprint density at radius 1 is 1.26 bits per heavy atom. The van der Waals surface area contributed by atoms with Crippen LogP contribution in [0.2, 0.25) is 0 Å². The summed E-state index contributed by atoms with van der Waals surface area (Å²) in [7, 11) is 1.75. The van der Waals surface area contributed by atoms with Gasteiger partial charge >= 0.3 is 0 Å². The summed E-state index contributed by atoms with van der Waals surface area (Å²) in [6.07, 6.45) is 0.784. The highest BCUT2D eigenvalue weighted by Crippen LogP contribution is 2.30. The Hall–Kier alpha value is -1.46. The fourth-order valence-corrected chi connectivity index (χ4v) is 1.81. The molecule has 5 nitrogen and oxygen atoms in total. The zero-order valence-corrected chi connectivity index (χ0v) is 11.7. The van der Waals surface area contributed by atoms with Gasteiger partial charge in [-0.3, -0.25) is 4.79 Å². The number of hydrogen-bond donors (Lipinski definition) is 2. The molecular formula is C13H19ClN2O3. The van der Waals surface area contributed by atoms with Gasteiger partial charge in [-0.25, -0.2) is 0 Å². The molecule has 19 heavy (non-hydrogen) atoms. The summed E-state index contributed by atoms with van der Waals surface area (Å²) in [5.41, 5.74) is 1.13. The van der Waals surface area contributed by atoms with Crippen molar-refractivity contribution in [1.29, 1.82) is 0 Å². The van der Waals surface area contributed by atoms with E-state index in [-0.39, 0.29) is 18.3 Å². The molecule has 0 unspecified atom stereocenters. The van der Waals surface area contributed by atoms with Crippen LogP contribution >= 0.6 is 12.4 Å². The maximum atomic E-state index is 11.2. The summed E-state index contributed by atoms with van der Waals surface area (Å²) in [4.78, 5) is 11.2. The summed E-state index contributed by atoms with van der Waals surface area (Å²) in [6, 6.07) is 5.88. The van der Waals surface area contributed by atoms with E-state index in [0.29, 0.717) is 26.3 Å². The Morgan fingerprint density at radius 2 is 2.00 bits per heavy atom. The van der Waals surface area contributed by atoms with Gasteiger partial charge in [0.25, 0.3) is 0 Å². The van der Waals surface area contributed by atoms with Crippen LogP contribution in [0.5, 0.6) is 11.5 Å². The number of benzene rings is 1. The summed E-state index contributed by atoms with van der Waals surface area (Å²) < 4.78 is 11.0. The SMILES string of the molecule is CNCC(=O)NCCc1ccc2c(c1)OCCO2.Cl. The van der Waals surface area contributed by atoms with Crippen LogP contribution in [-0.4, -0.2) is 39.3 Å². The van der Waals surface area contributed by atoms with Gasteiger partial charge in [0, 0.05) is 6.54 Å². The maximum Gasteiger partial charge on any atom is 0.233 e. The average molecular weight is 287 g/mol. The van der Waals surface area contributed by atoms with Crippen molar-refractivity contribution in [2.24, 2.45) is 0 Å². The van der Waals surface area contributed by atoms with Gasteiger partial charge in [-0.2, -0.15) is 0 Å². The highest BCUT2D eigenvalue weighted by Gasteiger charge is 2.11. The van der Waals surface area contributed by atoms with E-state index in [1.54, 1.807) is 7.05 Å². The first kappa shape index (κ1) is 15.6. The lowest BCUT2D eigenvalue weighted by molar-refractivity contribution is -0.120. The smallest absolute Gasteiger partial charge is 0.233 e. The Balaban J connectivity index is 0.00000180. The van der Waals surface area contributed by atoms with Crippen LogP contribution in [0.15, 0.2) is 18.2 Å². The third-order valence-electron chi connectivity index (χ3n) is 2.68. The van der Waals surface area contributed by atoms with Crippen molar-refractivity contribution in [2.75, 3.05) is 33.4 Å². The number of fused-ring (bicyclic) bond motifs is 1. The molecule has 0 atom stereocenters. The van der Waals surface area contributed by atoms with Crippen LogP contribution in [0.4, 0.5) is 0 Å². The normalized spacial score (nSPS) is 12.5. The molecule has 2 rings (SSSR count). The molecule has 2 N–H and O–H groups in total. The molecule has 106 valence electrons. The zero-order chi connectivity index (χ0) is 12.8. The predicted molar refractivity (Wildman–Crippen MR) is 75.3 cm³/mol. The summed E-state index contributed by atoms with van der Waals surface area (Å²) in [5.74, 6) is 1.60. The number of ether oxygens (including phenoxy) is 2. The van der Waals surface area contributed by atoms with Gasteiger partial charge in [-0.15, -0.1) is 12.4 Å². The number of nitrogens with one attached hydrogen (secondary N) is 2. The molecule has 0 saturated carbocycles. The molecule has 0 spiro atoms. The van der Waals surface area contributed by atoms with E-state index in [0.717, 1.165) is 23.5 Å². The molecule has 1 amide bonds. The molecule has 0 saturated heterocycles. The lowest BCUT2D eigenvalue weighted by Crippen LogP contribution is -2.33. The lowest BCUT2D eigenvalue weighted by Gasteiger charge is -2.18. The van der Waals surface area contributed by atoms with E-state index in [1.165, 1.54) is 0 Å². The predicted octanol–water partition coefficient (Wildman–Crippen LogP) is 0.758. The maximum absolute atomic E-state index is 11.2. The monoisotopic (exact) mass is 286 g/mol. The molecule has 1 aromatic rings. The van der Waals surface area contributed by atoms with Crippen LogP contribution in [0.25, 0.3) is 0 Å². The standard InChI is InChI=1S/C13H18N2O3.ClH/c1-14-9-13(16)15-5-4-10-2-3-11-12(8-10)18-7-6-17-11;/h2-3,8,14H,4-7,9H2,1H3,(H,15,16);1H. The Labute approximate surface area is 119 Å². The Bertz CT molecular complexity index is 426. The lowest BCUT2D eigenvalue weighted by atomic mass is 10.1. The molecule has 0 fully saturated rings. The highest BCUT2D eigenvalue weighted by molar-refractivity contribution is 5.85. The van der Waals surface area contributed by atoms with Crippen molar-refractivity contribution in [3.8, 4) is 11.5 Å². The van der Waals surface area contributed by atoms with E-state index in [2.05, 4.69) is 10.6 Å². The van der Waals surface area contributed by atoms with Crippen molar-refractivity contribution in [2.45, 2.75) is 6.42 Å². The second kappa shape index (κ2) is 7.86. The second-order valence-corrected chi connectivity index (χ2v) is 4.11. The van der Waals surface area contributed by atoms with E-state index >= 15 is 0 Å². The van der Waals surface area contributed by atoms with E-state index in [9.17, 15) is 4.79 Å². The van der Waals surface area contributed by atoms with E-state index in [4.69, 9.17) is 9.47 Å². The number of likely N-dealkylation sites (N-methyl/N-ethyl adjacent to an activating group) is 1. The van der Waals surface area contributed by atoms with Gasteiger partial charge in [0.05, 0.1) is 6.54 Å². The minimum atomic E-state index is 0. The molecule has 6 heteroatoms. The van der Waals surface area contributed by atoms with Crippen LogP contribution in [-0.2, 0) is 11.2 Å². The number of halogens is 1. The zero-order valence-electron chi connectivity index (χ0n) is 10.9. The van der Waals surface area contributed by atoms with Crippen molar-refractivity contribution < 1.29 is 14.3 Å². The van der Waals surface area contributed by atoms with Crippen LogP contribution in [0.3, 0.4) is 0 Å². The average Bonchev–Trinajstić information content (AvgIpc) is 2.39. The molecule has 0 aromatic heterocycles. The quantitative estimate of drug-likeness (QED) is 0.839. The third kappa shape index (κ3) is 4.61. The largest absolute Gasteiger partial charge is 0.486 e. The summed E-state index contributed by atoms with van der Waals surface area (Å²) >= 11 is 0. The number of amides is 1. The molecule has 1 aliphatic heterocycles. The topological polar surface area (TPSA) is 59.6 Å². The van der Waals surface area contributed by atoms with Gasteiger partial charge in [0.1, 0.15) is 13.2 Å². The minimum absolute atomic E-state index is 0. The van der Waals surface area contributed by atoms with Crippen molar-refractivity contribution >= 4 is 18.3 Å². The number of hydrogen-bond acceptors (Lipinski definition) is 4. The van der Waals surface area contributed by atoms with Gasteiger partial charge in [0.15, 0.2) is 11.5 Å². The van der Waals surface area contributed by atoms with E-state index < -0.39 is 0 Å². The van der Waals surface area contributed by atoms with Gasteiger partial charge in [-0.05, 0) is 31.2 Å². The van der Waals surface area contributed by atoms with Gasteiger partial charge in [-0.1, -0.05) is 6.07 Å². The fraction of sp³-hybridized carbons (Fsp3) is 0.462. The molecule has 1 heterocycles. The second-order valence-electron chi connectivity index (χ2n) is 4.11. The van der Waals surface area contributed by atoms with Crippen LogP contribution in [0, 0.1) is 0 Å². The van der Waals surface area contributed by atoms with Crippen molar-refractivity contribution in [3.05, 3.63) is 23.8 Å². The molecule has 0 bridgehead atoms. The number of rotatable bonds is 5. The first-order valence-corrected chi connectivity index (χ1v) is 6.09. The fourth-order valence-electron chi connectivity index (χ4n) is 1.81. The van der Waals surface area contributed by atoms with Crippen molar-refractivity contribution in [3.63, 3.8) is 0 Å². The molecule has 1 aromatic carbocycles. The Kier molecular flexibility index (Phi) is 6.45. The van der Waals surface area contributed by atoms with Crippen molar-refractivity contribution in [1.82, 2.24) is 10.6 Å². The molecular weight excluding hydrogens is 268 g/mol.